The van der Waals surface area contributed by atoms with Gasteiger partial charge in [-0.2, -0.15) is 4.98 Å². The Bertz CT molecular complexity index is 1220. The summed E-state index contributed by atoms with van der Waals surface area (Å²) in [5.74, 6) is 0.642. The molecule has 1 aliphatic heterocycles. The number of hydrogen-bond donors (Lipinski definition) is 0. The van der Waals surface area contributed by atoms with Gasteiger partial charge in [-0.25, -0.2) is 4.98 Å². The number of aromatic nitrogens is 3. The lowest BCUT2D eigenvalue weighted by Gasteiger charge is -2.25. The van der Waals surface area contributed by atoms with E-state index in [0.717, 1.165) is 39.9 Å². The van der Waals surface area contributed by atoms with E-state index in [9.17, 15) is 4.79 Å². The van der Waals surface area contributed by atoms with Crippen molar-refractivity contribution in [3.63, 3.8) is 0 Å². The molecule has 0 amide bonds. The van der Waals surface area contributed by atoms with Gasteiger partial charge in [0.05, 0.1) is 19.8 Å². The first-order valence-corrected chi connectivity index (χ1v) is 10.7. The SMILES string of the molecule is Cc1c(Cl)cccc1Cn1c(C2=CC=C2)nc(=O)c2sc(N3CCOCC3)nc21. The van der Waals surface area contributed by atoms with Crippen molar-refractivity contribution in [3.05, 3.63) is 68.8 Å². The first-order valence-electron chi connectivity index (χ1n) is 9.48. The molecule has 8 heteroatoms. The van der Waals surface area contributed by atoms with Crippen molar-refractivity contribution in [2.45, 2.75) is 13.5 Å². The third-order valence-electron chi connectivity index (χ3n) is 5.31. The lowest BCUT2D eigenvalue weighted by Crippen LogP contribution is -2.36. The second-order valence-electron chi connectivity index (χ2n) is 7.08. The Kier molecular flexibility index (Phi) is 4.73. The number of nitrogens with zero attached hydrogens (tertiary/aromatic N) is 4. The Morgan fingerprint density at radius 1 is 1.24 bits per heavy atom. The second-order valence-corrected chi connectivity index (χ2v) is 8.47. The smallest absolute Gasteiger partial charge is 0.292 e. The summed E-state index contributed by atoms with van der Waals surface area (Å²) in [6, 6.07) is 5.88. The lowest BCUT2D eigenvalue weighted by molar-refractivity contribution is 0.122. The number of morpholine rings is 1. The molecule has 0 bridgehead atoms. The maximum atomic E-state index is 12.8. The van der Waals surface area contributed by atoms with Gasteiger partial charge in [0.15, 0.2) is 10.8 Å². The molecule has 0 radical (unpaired) electrons. The van der Waals surface area contributed by atoms with E-state index in [0.29, 0.717) is 35.9 Å². The van der Waals surface area contributed by atoms with E-state index >= 15 is 0 Å². The first-order chi connectivity index (χ1) is 14.1. The average Bonchev–Trinajstić information content (AvgIpc) is 3.13. The Morgan fingerprint density at radius 2 is 2.03 bits per heavy atom. The number of thiazole rings is 1. The van der Waals surface area contributed by atoms with Gasteiger partial charge < -0.3 is 14.2 Å². The van der Waals surface area contributed by atoms with Crippen LogP contribution < -0.4 is 10.5 Å². The van der Waals surface area contributed by atoms with Crippen LogP contribution in [-0.2, 0) is 11.3 Å². The number of anilines is 1. The normalized spacial score (nSPS) is 16.2. The topological polar surface area (TPSA) is 60.2 Å². The Balaban J connectivity index is 1.68. The van der Waals surface area contributed by atoms with Crippen LogP contribution in [0.4, 0.5) is 5.13 Å². The molecule has 0 atom stereocenters. The molecule has 0 saturated carbocycles. The van der Waals surface area contributed by atoms with E-state index in [1.807, 2.05) is 41.9 Å². The molecule has 1 saturated heterocycles. The van der Waals surface area contributed by atoms with Gasteiger partial charge >= 0.3 is 0 Å². The molecule has 1 fully saturated rings. The summed E-state index contributed by atoms with van der Waals surface area (Å²) >= 11 is 7.75. The summed E-state index contributed by atoms with van der Waals surface area (Å²) in [6.07, 6.45) is 5.87. The summed E-state index contributed by atoms with van der Waals surface area (Å²) in [7, 11) is 0. The zero-order valence-electron chi connectivity index (χ0n) is 15.9. The van der Waals surface area contributed by atoms with Gasteiger partial charge in [-0.15, -0.1) is 0 Å². The number of benzene rings is 1. The van der Waals surface area contributed by atoms with Gasteiger partial charge in [0.1, 0.15) is 10.5 Å². The molecule has 2 aliphatic rings. The molecule has 29 heavy (non-hydrogen) atoms. The average molecular weight is 427 g/mol. The maximum absolute atomic E-state index is 12.8. The van der Waals surface area contributed by atoms with E-state index in [1.165, 1.54) is 11.3 Å². The largest absolute Gasteiger partial charge is 0.378 e. The second kappa shape index (κ2) is 7.40. The number of allylic oxidation sites excluding steroid dienone is 4. The zero-order chi connectivity index (χ0) is 20.0. The summed E-state index contributed by atoms with van der Waals surface area (Å²) in [6.45, 7) is 5.44. The summed E-state index contributed by atoms with van der Waals surface area (Å²) < 4.78 is 8.06. The van der Waals surface area contributed by atoms with E-state index in [1.54, 1.807) is 0 Å². The Labute approximate surface area is 176 Å². The van der Waals surface area contributed by atoms with E-state index < -0.39 is 0 Å². The molecule has 1 aromatic carbocycles. The fourth-order valence-corrected chi connectivity index (χ4v) is 4.73. The molecular formula is C21H19ClN4O2S. The zero-order valence-corrected chi connectivity index (χ0v) is 17.5. The minimum absolute atomic E-state index is 0.229. The van der Waals surface area contributed by atoms with Crippen molar-refractivity contribution in [1.82, 2.24) is 14.5 Å². The molecule has 0 unspecified atom stereocenters. The minimum Gasteiger partial charge on any atom is -0.378 e. The van der Waals surface area contributed by atoms with Crippen LogP contribution in [-0.4, -0.2) is 40.8 Å². The molecule has 3 aromatic rings. The van der Waals surface area contributed by atoms with Crippen molar-refractivity contribution in [2.75, 3.05) is 31.2 Å². The van der Waals surface area contributed by atoms with Crippen LogP contribution in [0, 0.1) is 6.92 Å². The third-order valence-corrected chi connectivity index (χ3v) is 6.81. The fraction of sp³-hybridized carbons (Fsp3) is 0.286. The fourth-order valence-electron chi connectivity index (χ4n) is 3.53. The molecule has 1 aliphatic carbocycles. The van der Waals surface area contributed by atoms with E-state index in [4.69, 9.17) is 21.3 Å². The monoisotopic (exact) mass is 426 g/mol. The molecule has 6 nitrogen and oxygen atoms in total. The summed E-state index contributed by atoms with van der Waals surface area (Å²) in [5, 5.41) is 1.57. The quantitative estimate of drug-likeness (QED) is 0.637. The summed E-state index contributed by atoms with van der Waals surface area (Å²) in [4.78, 5) is 24.3. The number of rotatable bonds is 4. The van der Waals surface area contributed by atoms with Gasteiger partial charge in [0, 0.05) is 23.7 Å². The predicted octanol–water partition coefficient (Wildman–Crippen LogP) is 3.65. The number of halogens is 1. The Morgan fingerprint density at radius 3 is 2.76 bits per heavy atom. The van der Waals surface area contributed by atoms with Crippen LogP contribution in [0.25, 0.3) is 15.9 Å². The molecule has 148 valence electrons. The maximum Gasteiger partial charge on any atom is 0.292 e. The van der Waals surface area contributed by atoms with Gasteiger partial charge in [-0.1, -0.05) is 53.3 Å². The van der Waals surface area contributed by atoms with Crippen molar-refractivity contribution in [1.29, 1.82) is 0 Å². The highest BCUT2D eigenvalue weighted by Gasteiger charge is 2.22. The lowest BCUT2D eigenvalue weighted by atomic mass is 10.1. The van der Waals surface area contributed by atoms with Crippen LogP contribution >= 0.6 is 22.9 Å². The van der Waals surface area contributed by atoms with Crippen LogP contribution in [0.5, 0.6) is 0 Å². The number of fused-ring (bicyclic) bond motifs is 1. The van der Waals surface area contributed by atoms with Gasteiger partial charge in [0.25, 0.3) is 5.56 Å². The van der Waals surface area contributed by atoms with Crippen LogP contribution in [0.1, 0.15) is 17.0 Å². The van der Waals surface area contributed by atoms with Crippen LogP contribution in [0.2, 0.25) is 5.02 Å². The number of hydrogen-bond acceptors (Lipinski definition) is 6. The van der Waals surface area contributed by atoms with Crippen LogP contribution in [0.15, 0.2) is 41.2 Å². The van der Waals surface area contributed by atoms with Crippen molar-refractivity contribution < 1.29 is 4.74 Å². The molecule has 0 N–H and O–H groups in total. The third kappa shape index (κ3) is 3.29. The van der Waals surface area contributed by atoms with Crippen LogP contribution in [0.3, 0.4) is 0 Å². The molecule has 2 aromatic heterocycles. The van der Waals surface area contributed by atoms with E-state index in [-0.39, 0.29) is 5.56 Å². The van der Waals surface area contributed by atoms with Crippen molar-refractivity contribution >= 4 is 44.0 Å². The van der Waals surface area contributed by atoms with Crippen molar-refractivity contribution in [3.8, 4) is 0 Å². The molecule has 0 spiro atoms. The summed E-state index contributed by atoms with van der Waals surface area (Å²) in [5.41, 5.74) is 3.48. The highest BCUT2D eigenvalue weighted by Crippen LogP contribution is 2.31. The molecular weight excluding hydrogens is 408 g/mol. The molecule has 3 heterocycles. The Hall–Kier alpha value is -2.48. The van der Waals surface area contributed by atoms with E-state index in [2.05, 4.69) is 16.0 Å². The number of ether oxygens (including phenoxy) is 1. The standard InChI is InChI=1S/C21H19ClN4O2S/c1-13-15(6-3-7-16(13)22)12-26-18(14-4-2-5-14)23-20(27)17-19(26)24-21(29-17)25-8-10-28-11-9-25/h2-7H,8-12H2,1H3. The van der Waals surface area contributed by atoms with Gasteiger partial charge in [-0.3, -0.25) is 4.79 Å². The van der Waals surface area contributed by atoms with Crippen molar-refractivity contribution in [2.24, 2.45) is 0 Å². The highest BCUT2D eigenvalue weighted by molar-refractivity contribution is 7.22. The highest BCUT2D eigenvalue weighted by atomic mass is 35.5. The minimum atomic E-state index is -0.229. The van der Waals surface area contributed by atoms with Gasteiger partial charge in [-0.05, 0) is 24.1 Å². The first kappa shape index (κ1) is 18.5. The molecule has 5 rings (SSSR count). The predicted molar refractivity (Wildman–Crippen MR) is 117 cm³/mol. The van der Waals surface area contributed by atoms with Gasteiger partial charge in [0.2, 0.25) is 0 Å².